The number of alkyl halides is 3. The average molecular weight is 412 g/mol. The summed E-state index contributed by atoms with van der Waals surface area (Å²) in [7, 11) is 0. The van der Waals surface area contributed by atoms with Crippen molar-refractivity contribution in [1.29, 1.82) is 0 Å². The van der Waals surface area contributed by atoms with Gasteiger partial charge >= 0.3 is 18.2 Å². The number of hydrogen-bond donors (Lipinski definition) is 1. The number of rotatable bonds is 4. The van der Waals surface area contributed by atoms with Crippen molar-refractivity contribution >= 4 is 12.0 Å². The Labute approximate surface area is 168 Å². The summed E-state index contributed by atoms with van der Waals surface area (Å²) < 4.78 is 44.9. The smallest absolute Gasteiger partial charge is 0.416 e. The van der Waals surface area contributed by atoms with Crippen LogP contribution in [0.2, 0.25) is 0 Å². The maximum atomic E-state index is 13.3. The van der Waals surface area contributed by atoms with E-state index in [4.69, 9.17) is 4.74 Å². The predicted molar refractivity (Wildman–Crippen MR) is 101 cm³/mol. The van der Waals surface area contributed by atoms with Gasteiger partial charge in [-0.15, -0.1) is 0 Å². The van der Waals surface area contributed by atoms with Gasteiger partial charge in [0.1, 0.15) is 0 Å². The van der Waals surface area contributed by atoms with Gasteiger partial charge in [-0.3, -0.25) is 4.79 Å². The minimum atomic E-state index is -4.40. The van der Waals surface area contributed by atoms with Gasteiger partial charge in [0.2, 0.25) is 0 Å². The van der Waals surface area contributed by atoms with Crippen LogP contribution in [0, 0.1) is 5.92 Å². The van der Waals surface area contributed by atoms with Crippen molar-refractivity contribution in [3.05, 3.63) is 35.4 Å². The largest absolute Gasteiger partial charge is 0.466 e. The van der Waals surface area contributed by atoms with Crippen LogP contribution in [0.3, 0.4) is 0 Å². The lowest BCUT2D eigenvalue weighted by atomic mass is 9.86. The van der Waals surface area contributed by atoms with Gasteiger partial charge in [-0.25, -0.2) is 4.79 Å². The fourth-order valence-electron chi connectivity index (χ4n) is 4.31. The summed E-state index contributed by atoms with van der Waals surface area (Å²) >= 11 is 0. The topological polar surface area (TPSA) is 58.6 Å². The van der Waals surface area contributed by atoms with E-state index in [1.165, 1.54) is 12.1 Å². The molecule has 0 spiro atoms. The molecule has 1 aliphatic heterocycles. The Hall–Kier alpha value is -2.25. The summed E-state index contributed by atoms with van der Waals surface area (Å²) in [5.74, 6) is -0.612. The number of nitrogens with zero attached hydrogens (tertiary/aromatic N) is 1. The molecule has 0 bridgehead atoms. The highest BCUT2D eigenvalue weighted by Gasteiger charge is 2.38. The van der Waals surface area contributed by atoms with E-state index in [1.54, 1.807) is 17.9 Å². The molecular weight excluding hydrogens is 385 g/mol. The van der Waals surface area contributed by atoms with Gasteiger partial charge in [0.25, 0.3) is 0 Å². The molecule has 1 aromatic rings. The molecule has 1 saturated heterocycles. The number of likely N-dealkylation sites (tertiary alicyclic amines) is 1. The maximum absolute atomic E-state index is 13.3. The lowest BCUT2D eigenvalue weighted by molar-refractivity contribution is -0.149. The molecule has 1 N–H and O–H groups in total. The first kappa shape index (κ1) is 21.5. The molecule has 1 atom stereocenters. The highest BCUT2D eigenvalue weighted by Crippen LogP contribution is 2.38. The highest BCUT2D eigenvalue weighted by atomic mass is 19.4. The second-order valence-electron chi connectivity index (χ2n) is 7.77. The second-order valence-corrected chi connectivity index (χ2v) is 7.77. The minimum absolute atomic E-state index is 0.0188. The highest BCUT2D eigenvalue weighted by molar-refractivity contribution is 5.75. The Bertz CT molecular complexity index is 730. The van der Waals surface area contributed by atoms with Crippen LogP contribution in [0.15, 0.2) is 24.3 Å². The van der Waals surface area contributed by atoms with Crippen LogP contribution in [-0.2, 0) is 15.7 Å². The summed E-state index contributed by atoms with van der Waals surface area (Å²) in [5.41, 5.74) is -0.366. The van der Waals surface area contributed by atoms with Gasteiger partial charge in [-0.05, 0) is 50.7 Å². The third-order valence-corrected chi connectivity index (χ3v) is 5.86. The van der Waals surface area contributed by atoms with E-state index in [2.05, 4.69) is 5.32 Å². The van der Waals surface area contributed by atoms with Crippen molar-refractivity contribution in [2.75, 3.05) is 19.7 Å². The van der Waals surface area contributed by atoms with Crippen LogP contribution in [-0.4, -0.2) is 42.6 Å². The molecule has 2 aliphatic rings. The van der Waals surface area contributed by atoms with E-state index < -0.39 is 11.7 Å². The molecule has 8 heteroatoms. The standard InChI is InChI=1S/C21H27F3N2O3/c1-2-29-19(27)14-7-9-16(10-8-14)25-20(28)26-12-11-15(13-26)17-5-3-4-6-18(17)21(22,23)24/h3-6,14-16H,2,7-13H2,1H3,(H,25,28). The van der Waals surface area contributed by atoms with E-state index in [0.717, 1.165) is 6.07 Å². The van der Waals surface area contributed by atoms with Crippen LogP contribution in [0.4, 0.5) is 18.0 Å². The lowest BCUT2D eigenvalue weighted by Gasteiger charge is -2.29. The minimum Gasteiger partial charge on any atom is -0.466 e. The molecule has 0 aromatic heterocycles. The molecule has 2 amide bonds. The Morgan fingerprint density at radius 2 is 1.83 bits per heavy atom. The third-order valence-electron chi connectivity index (χ3n) is 5.86. The summed E-state index contributed by atoms with van der Waals surface area (Å²) in [6, 6.07) is 5.34. The Morgan fingerprint density at radius 1 is 1.14 bits per heavy atom. The number of urea groups is 1. The quantitative estimate of drug-likeness (QED) is 0.749. The van der Waals surface area contributed by atoms with Crippen molar-refractivity contribution in [3.8, 4) is 0 Å². The molecule has 3 rings (SSSR count). The summed E-state index contributed by atoms with van der Waals surface area (Å²) in [5, 5.41) is 2.98. The summed E-state index contributed by atoms with van der Waals surface area (Å²) in [6.45, 7) is 2.85. The van der Waals surface area contributed by atoms with Gasteiger partial charge in [0, 0.05) is 25.0 Å². The first-order valence-corrected chi connectivity index (χ1v) is 10.2. The van der Waals surface area contributed by atoms with Crippen molar-refractivity contribution in [2.24, 2.45) is 5.92 Å². The van der Waals surface area contributed by atoms with E-state index >= 15 is 0 Å². The van der Waals surface area contributed by atoms with Gasteiger partial charge in [-0.1, -0.05) is 18.2 Å². The average Bonchev–Trinajstić information content (AvgIpc) is 3.18. The van der Waals surface area contributed by atoms with Crippen molar-refractivity contribution in [3.63, 3.8) is 0 Å². The molecule has 5 nitrogen and oxygen atoms in total. The first-order chi connectivity index (χ1) is 13.8. The van der Waals surface area contributed by atoms with Gasteiger partial charge in [-0.2, -0.15) is 13.2 Å². The molecule has 2 fully saturated rings. The number of benzene rings is 1. The van der Waals surface area contributed by atoms with Crippen LogP contribution in [0.1, 0.15) is 56.1 Å². The van der Waals surface area contributed by atoms with Gasteiger partial charge in [0.05, 0.1) is 18.1 Å². The SMILES string of the molecule is CCOC(=O)C1CCC(NC(=O)N2CCC(c3ccccc3C(F)(F)F)C2)CC1. The van der Waals surface area contributed by atoms with E-state index in [0.29, 0.717) is 45.3 Å². The zero-order valence-corrected chi connectivity index (χ0v) is 16.5. The van der Waals surface area contributed by atoms with Crippen molar-refractivity contribution < 1.29 is 27.5 Å². The Morgan fingerprint density at radius 3 is 2.48 bits per heavy atom. The second kappa shape index (κ2) is 9.05. The monoisotopic (exact) mass is 412 g/mol. The fraction of sp³-hybridized carbons (Fsp3) is 0.619. The first-order valence-electron chi connectivity index (χ1n) is 10.2. The summed E-state index contributed by atoms with van der Waals surface area (Å²) in [4.78, 5) is 26.0. The molecule has 160 valence electrons. The molecule has 1 aromatic carbocycles. The van der Waals surface area contributed by atoms with Crippen LogP contribution in [0.5, 0.6) is 0 Å². The number of hydrogen-bond acceptors (Lipinski definition) is 3. The van der Waals surface area contributed by atoms with E-state index in [-0.39, 0.29) is 42.0 Å². The molecular formula is C21H27F3N2O3. The zero-order chi connectivity index (χ0) is 21.0. The Kier molecular flexibility index (Phi) is 6.70. The molecule has 1 saturated carbocycles. The van der Waals surface area contributed by atoms with Crippen molar-refractivity contribution in [2.45, 2.75) is 57.2 Å². The third kappa shape index (κ3) is 5.22. The van der Waals surface area contributed by atoms with Gasteiger partial charge < -0.3 is 15.0 Å². The number of esters is 1. The molecule has 1 heterocycles. The fourth-order valence-corrected chi connectivity index (χ4v) is 4.31. The van der Waals surface area contributed by atoms with Crippen LogP contribution < -0.4 is 5.32 Å². The maximum Gasteiger partial charge on any atom is 0.416 e. The van der Waals surface area contributed by atoms with Crippen LogP contribution in [0.25, 0.3) is 0 Å². The van der Waals surface area contributed by atoms with Crippen LogP contribution >= 0.6 is 0 Å². The number of carbonyl (C=O) groups excluding carboxylic acids is 2. The number of nitrogens with one attached hydrogen (secondary N) is 1. The molecule has 29 heavy (non-hydrogen) atoms. The number of ether oxygens (including phenoxy) is 1. The van der Waals surface area contributed by atoms with Crippen molar-refractivity contribution in [1.82, 2.24) is 10.2 Å². The summed E-state index contributed by atoms with van der Waals surface area (Å²) in [6.07, 6.45) is -1.15. The molecule has 0 radical (unpaired) electrons. The number of carbonyl (C=O) groups is 2. The zero-order valence-electron chi connectivity index (χ0n) is 16.5. The predicted octanol–water partition coefficient (Wildman–Crippen LogP) is 4.33. The number of halogens is 3. The van der Waals surface area contributed by atoms with Gasteiger partial charge in [0.15, 0.2) is 0 Å². The number of amides is 2. The molecule has 1 aliphatic carbocycles. The Balaban J connectivity index is 1.53. The normalized spacial score (nSPS) is 25.0. The van der Waals surface area contributed by atoms with E-state index in [9.17, 15) is 22.8 Å². The lowest BCUT2D eigenvalue weighted by Crippen LogP contribution is -2.45. The molecule has 1 unspecified atom stereocenters. The van der Waals surface area contributed by atoms with E-state index in [1.807, 2.05) is 0 Å².